The van der Waals surface area contributed by atoms with Crippen LogP contribution in [0.2, 0.25) is 5.02 Å². The van der Waals surface area contributed by atoms with Gasteiger partial charge in [0.15, 0.2) is 0 Å². The number of rotatable bonds is 12. The van der Waals surface area contributed by atoms with E-state index in [4.69, 9.17) is 30.5 Å². The van der Waals surface area contributed by atoms with E-state index in [9.17, 15) is 9.59 Å². The number of carbonyl (C=O) groups is 2. The molecule has 34 heavy (non-hydrogen) atoms. The second-order valence-electron chi connectivity index (χ2n) is 7.68. The third kappa shape index (κ3) is 7.64. The van der Waals surface area contributed by atoms with Gasteiger partial charge in [0.1, 0.15) is 18.1 Å². The number of anilines is 1. The summed E-state index contributed by atoms with van der Waals surface area (Å²) >= 11 is 7.50. The van der Waals surface area contributed by atoms with Crippen molar-refractivity contribution in [2.24, 2.45) is 0 Å². The molecular formula is C23H30ClN3O6S. The van der Waals surface area contributed by atoms with Crippen LogP contribution in [-0.2, 0) is 19.0 Å². The molecule has 1 aromatic carbocycles. The van der Waals surface area contributed by atoms with Gasteiger partial charge in [-0.15, -0.1) is 11.3 Å². The van der Waals surface area contributed by atoms with Gasteiger partial charge in [-0.3, -0.25) is 9.59 Å². The van der Waals surface area contributed by atoms with Gasteiger partial charge in [-0.25, -0.2) is 4.98 Å². The smallest absolute Gasteiger partial charge is 0.275 e. The van der Waals surface area contributed by atoms with E-state index in [0.29, 0.717) is 61.7 Å². The molecule has 2 aromatic rings. The van der Waals surface area contributed by atoms with Gasteiger partial charge in [0.05, 0.1) is 44.2 Å². The second-order valence-corrected chi connectivity index (χ2v) is 9.01. The Hall–Kier alpha value is -2.24. The van der Waals surface area contributed by atoms with Gasteiger partial charge in [0.2, 0.25) is 5.91 Å². The lowest BCUT2D eigenvalue weighted by Gasteiger charge is -2.31. The Labute approximate surface area is 208 Å². The highest BCUT2D eigenvalue weighted by atomic mass is 35.5. The van der Waals surface area contributed by atoms with Crippen molar-refractivity contribution in [3.63, 3.8) is 0 Å². The molecular weight excluding hydrogens is 482 g/mol. The number of methoxy groups -OCH3 is 2. The molecule has 0 bridgehead atoms. The van der Waals surface area contributed by atoms with Gasteiger partial charge in [0.25, 0.3) is 5.91 Å². The van der Waals surface area contributed by atoms with Gasteiger partial charge in [0, 0.05) is 36.5 Å². The second kappa shape index (κ2) is 13.6. The molecule has 11 heteroatoms. The predicted molar refractivity (Wildman–Crippen MR) is 130 cm³/mol. The summed E-state index contributed by atoms with van der Waals surface area (Å²) in [5, 5.41) is 5.96. The van der Waals surface area contributed by atoms with Crippen LogP contribution in [0.3, 0.4) is 0 Å². The number of carbonyl (C=O) groups excluding carboxylic acids is 2. The quantitative estimate of drug-likeness (QED) is 0.436. The van der Waals surface area contributed by atoms with Crippen LogP contribution < -0.4 is 10.1 Å². The topological polar surface area (TPSA) is 99.2 Å². The van der Waals surface area contributed by atoms with E-state index < -0.39 is 0 Å². The van der Waals surface area contributed by atoms with Gasteiger partial charge < -0.3 is 29.2 Å². The lowest BCUT2D eigenvalue weighted by molar-refractivity contribution is -0.137. The van der Waals surface area contributed by atoms with Crippen LogP contribution in [0.15, 0.2) is 23.6 Å². The Bertz CT molecular complexity index is 949. The molecule has 0 unspecified atom stereocenters. The third-order valence-corrected chi connectivity index (χ3v) is 6.63. The molecule has 0 radical (unpaired) electrons. The van der Waals surface area contributed by atoms with Crippen LogP contribution in [0.4, 0.5) is 5.69 Å². The number of thiazole rings is 1. The maximum absolute atomic E-state index is 12.7. The summed E-state index contributed by atoms with van der Waals surface area (Å²) in [6, 6.07) is 5.02. The van der Waals surface area contributed by atoms with Crippen molar-refractivity contribution >= 4 is 40.4 Å². The molecule has 0 saturated carbocycles. The molecule has 0 aliphatic carbocycles. The van der Waals surface area contributed by atoms with Gasteiger partial charge >= 0.3 is 0 Å². The summed E-state index contributed by atoms with van der Waals surface area (Å²) in [7, 11) is 3.15. The van der Waals surface area contributed by atoms with Crippen molar-refractivity contribution in [1.82, 2.24) is 9.88 Å². The van der Waals surface area contributed by atoms with Gasteiger partial charge in [-0.2, -0.15) is 0 Å². The fraction of sp³-hybridized carbons (Fsp3) is 0.522. The van der Waals surface area contributed by atoms with Crippen molar-refractivity contribution < 1.29 is 28.5 Å². The first kappa shape index (κ1) is 26.4. The Morgan fingerprint density at radius 2 is 1.88 bits per heavy atom. The molecule has 186 valence electrons. The lowest BCUT2D eigenvalue weighted by Crippen LogP contribution is -2.40. The highest BCUT2D eigenvalue weighted by Crippen LogP contribution is 2.31. The minimum absolute atomic E-state index is 0.0231. The third-order valence-electron chi connectivity index (χ3n) is 5.39. The van der Waals surface area contributed by atoms with Crippen molar-refractivity contribution in [2.45, 2.75) is 18.8 Å². The van der Waals surface area contributed by atoms with Crippen molar-refractivity contribution in [2.75, 3.05) is 65.7 Å². The standard InChI is InChI=1S/C23H30ClN3O6S/c1-30-9-10-32-11-12-33-14-21(28)27-7-5-16(6-8-27)23-26-19(15-34-23)22(29)25-18-13-17(24)3-4-20(18)31-2/h3-4,13,15-16H,5-12,14H2,1-2H3,(H,25,29). The fourth-order valence-electron chi connectivity index (χ4n) is 3.53. The molecule has 9 nitrogen and oxygen atoms in total. The number of likely N-dealkylation sites (tertiary alicyclic amines) is 1. The molecule has 1 saturated heterocycles. The SMILES string of the molecule is COCCOCCOCC(=O)N1CCC(c2nc(C(=O)Nc3cc(Cl)ccc3OC)cs2)CC1. The van der Waals surface area contributed by atoms with Crippen LogP contribution in [0, 0.1) is 0 Å². The Kier molecular flexibility index (Phi) is 10.5. The zero-order valence-electron chi connectivity index (χ0n) is 19.4. The number of aromatic nitrogens is 1. The normalized spacial score (nSPS) is 14.3. The van der Waals surface area contributed by atoms with E-state index in [1.54, 1.807) is 30.7 Å². The van der Waals surface area contributed by atoms with Crippen LogP contribution in [0.25, 0.3) is 0 Å². The van der Waals surface area contributed by atoms with Crippen molar-refractivity contribution in [3.8, 4) is 5.75 Å². The van der Waals surface area contributed by atoms with Crippen LogP contribution in [0.5, 0.6) is 5.75 Å². The van der Waals surface area contributed by atoms with Crippen LogP contribution >= 0.6 is 22.9 Å². The van der Waals surface area contributed by atoms with Crippen LogP contribution in [-0.4, -0.2) is 82.0 Å². The monoisotopic (exact) mass is 511 g/mol. The number of nitrogens with one attached hydrogen (secondary N) is 1. The largest absolute Gasteiger partial charge is 0.495 e. The Morgan fingerprint density at radius 1 is 1.15 bits per heavy atom. The highest BCUT2D eigenvalue weighted by Gasteiger charge is 2.26. The first-order valence-corrected chi connectivity index (χ1v) is 12.3. The number of hydrogen-bond acceptors (Lipinski definition) is 8. The molecule has 2 amide bonds. The average molecular weight is 512 g/mol. The zero-order chi connectivity index (χ0) is 24.3. The molecule has 0 atom stereocenters. The number of nitrogens with zero attached hydrogens (tertiary/aromatic N) is 2. The predicted octanol–water partition coefficient (Wildman–Crippen LogP) is 3.44. The number of amides is 2. The zero-order valence-corrected chi connectivity index (χ0v) is 21.0. The average Bonchev–Trinajstić information content (AvgIpc) is 3.34. The lowest BCUT2D eigenvalue weighted by atomic mass is 9.97. The molecule has 2 heterocycles. The van der Waals surface area contributed by atoms with Gasteiger partial charge in [-0.05, 0) is 31.0 Å². The maximum Gasteiger partial charge on any atom is 0.275 e. The Morgan fingerprint density at radius 3 is 2.62 bits per heavy atom. The number of ether oxygens (including phenoxy) is 4. The van der Waals surface area contributed by atoms with Gasteiger partial charge in [-0.1, -0.05) is 11.6 Å². The summed E-state index contributed by atoms with van der Waals surface area (Å²) in [5.41, 5.74) is 0.840. The first-order chi connectivity index (χ1) is 16.5. The van der Waals surface area contributed by atoms with E-state index in [1.807, 2.05) is 4.90 Å². The molecule has 1 N–H and O–H groups in total. The molecule has 0 spiro atoms. The number of halogens is 1. The Balaban J connectivity index is 1.43. The van der Waals surface area contributed by atoms with E-state index in [1.165, 1.54) is 18.4 Å². The first-order valence-electron chi connectivity index (χ1n) is 11.0. The minimum atomic E-state index is -0.320. The molecule has 1 aliphatic heterocycles. The summed E-state index contributed by atoms with van der Waals surface area (Å²) in [6.07, 6.45) is 1.59. The van der Waals surface area contributed by atoms with Crippen LogP contribution in [0.1, 0.15) is 34.3 Å². The summed E-state index contributed by atoms with van der Waals surface area (Å²) in [4.78, 5) is 31.4. The van der Waals surface area contributed by atoms with E-state index in [-0.39, 0.29) is 24.3 Å². The summed E-state index contributed by atoms with van der Waals surface area (Å²) < 4.78 is 20.9. The molecule has 3 rings (SSSR count). The summed E-state index contributed by atoms with van der Waals surface area (Å²) in [5.74, 6) is 0.392. The molecule has 1 aromatic heterocycles. The molecule has 1 fully saturated rings. The number of hydrogen-bond donors (Lipinski definition) is 1. The fourth-order valence-corrected chi connectivity index (χ4v) is 4.68. The number of benzene rings is 1. The van der Waals surface area contributed by atoms with E-state index in [0.717, 1.165) is 17.8 Å². The van der Waals surface area contributed by atoms with E-state index in [2.05, 4.69) is 10.3 Å². The highest BCUT2D eigenvalue weighted by molar-refractivity contribution is 7.10. The minimum Gasteiger partial charge on any atom is -0.495 e. The van der Waals surface area contributed by atoms with Crippen molar-refractivity contribution in [1.29, 1.82) is 0 Å². The number of piperidine rings is 1. The maximum atomic E-state index is 12.7. The summed E-state index contributed by atoms with van der Waals surface area (Å²) in [6.45, 7) is 3.18. The molecule has 1 aliphatic rings. The van der Waals surface area contributed by atoms with Crippen molar-refractivity contribution in [3.05, 3.63) is 39.3 Å². The van der Waals surface area contributed by atoms with E-state index >= 15 is 0 Å².